The highest BCUT2D eigenvalue weighted by atomic mass is 35.5. The lowest BCUT2D eigenvalue weighted by molar-refractivity contribution is 0.136. The fraction of sp³-hybridized carbons (Fsp3) is 0.438. The average molecular weight is 288 g/mol. The largest absolute Gasteiger partial charge is 0.356 e. The Hall–Kier alpha value is -1.50. The number of para-hydroxylation sites is 1. The first kappa shape index (κ1) is 13.5. The van der Waals surface area contributed by atoms with Crippen molar-refractivity contribution < 1.29 is 0 Å². The van der Waals surface area contributed by atoms with Gasteiger partial charge in [0.05, 0.1) is 16.5 Å². The number of rotatable bonds is 2. The van der Waals surface area contributed by atoms with Crippen molar-refractivity contribution in [1.82, 2.24) is 9.88 Å². The quantitative estimate of drug-likeness (QED) is 0.909. The van der Waals surface area contributed by atoms with Crippen molar-refractivity contribution >= 4 is 22.5 Å². The molecule has 0 saturated carbocycles. The summed E-state index contributed by atoms with van der Waals surface area (Å²) in [5.74, 6) is 0. The van der Waals surface area contributed by atoms with Crippen molar-refractivity contribution in [2.45, 2.75) is 26.3 Å². The maximum absolute atomic E-state index is 9.29. The van der Waals surface area contributed by atoms with Crippen LogP contribution in [0.3, 0.4) is 0 Å². The lowest BCUT2D eigenvalue weighted by atomic mass is 9.83. The molecule has 1 saturated heterocycles. The highest BCUT2D eigenvalue weighted by Gasteiger charge is 2.31. The monoisotopic (exact) mass is 287 g/mol. The second-order valence-corrected chi connectivity index (χ2v) is 6.33. The van der Waals surface area contributed by atoms with Crippen LogP contribution < -0.4 is 0 Å². The minimum absolute atomic E-state index is 0.225. The normalized spacial score (nSPS) is 23.9. The molecule has 1 aromatic carbocycles. The number of benzene rings is 1. The van der Waals surface area contributed by atoms with E-state index in [1.807, 2.05) is 31.2 Å². The summed E-state index contributed by atoms with van der Waals surface area (Å²) in [5, 5.41) is 11.2. The minimum Gasteiger partial charge on any atom is -0.356 e. The van der Waals surface area contributed by atoms with Crippen molar-refractivity contribution in [1.29, 1.82) is 5.26 Å². The molecule has 104 valence electrons. The van der Waals surface area contributed by atoms with Gasteiger partial charge in [0.1, 0.15) is 0 Å². The Labute approximate surface area is 124 Å². The molecule has 3 nitrogen and oxygen atoms in total. The fourth-order valence-electron chi connectivity index (χ4n) is 3.07. The number of aromatic nitrogens is 1. The second-order valence-electron chi connectivity index (χ2n) is 5.95. The van der Waals surface area contributed by atoms with Crippen molar-refractivity contribution in [2.75, 3.05) is 13.1 Å². The predicted octanol–water partition coefficient (Wildman–Crippen LogP) is 3.95. The predicted molar refractivity (Wildman–Crippen MR) is 81.5 cm³/mol. The summed E-state index contributed by atoms with van der Waals surface area (Å²) in [7, 11) is 0. The van der Waals surface area contributed by atoms with Crippen molar-refractivity contribution in [2.24, 2.45) is 5.41 Å². The molecular formula is C16H18ClN3. The molecule has 2 aromatic rings. The summed E-state index contributed by atoms with van der Waals surface area (Å²) >= 11 is 6.46. The summed E-state index contributed by atoms with van der Waals surface area (Å²) in [5.41, 5.74) is 1.90. The highest BCUT2D eigenvalue weighted by molar-refractivity contribution is 6.36. The first-order valence-electron chi connectivity index (χ1n) is 7.00. The number of fused-ring (bicyclic) bond motifs is 1. The molecule has 1 fully saturated rings. The van der Waals surface area contributed by atoms with Crippen molar-refractivity contribution in [3.8, 4) is 6.07 Å². The highest BCUT2D eigenvalue weighted by Crippen LogP contribution is 2.32. The van der Waals surface area contributed by atoms with Gasteiger partial charge >= 0.3 is 0 Å². The average Bonchev–Trinajstić information content (AvgIpc) is 2.76. The molecule has 0 spiro atoms. The van der Waals surface area contributed by atoms with E-state index in [1.165, 1.54) is 0 Å². The Bertz CT molecular complexity index is 670. The molecule has 1 N–H and O–H groups in total. The van der Waals surface area contributed by atoms with Gasteiger partial charge in [0.25, 0.3) is 0 Å². The van der Waals surface area contributed by atoms with Crippen LogP contribution in [0.2, 0.25) is 5.02 Å². The number of piperidine rings is 1. The summed E-state index contributed by atoms with van der Waals surface area (Å²) in [6.07, 6.45) is 2.06. The Morgan fingerprint density at radius 3 is 3.00 bits per heavy atom. The molecule has 0 radical (unpaired) electrons. The van der Waals surface area contributed by atoms with E-state index in [9.17, 15) is 5.26 Å². The van der Waals surface area contributed by atoms with E-state index in [2.05, 4.69) is 16.0 Å². The fourth-order valence-corrected chi connectivity index (χ4v) is 3.34. The maximum Gasteiger partial charge on any atom is 0.0705 e. The zero-order valence-corrected chi connectivity index (χ0v) is 12.4. The zero-order chi connectivity index (χ0) is 14.2. The lowest BCUT2D eigenvalue weighted by Gasteiger charge is -2.35. The van der Waals surface area contributed by atoms with Crippen molar-refractivity contribution in [3.05, 3.63) is 35.0 Å². The van der Waals surface area contributed by atoms with Crippen LogP contribution in [-0.4, -0.2) is 23.0 Å². The van der Waals surface area contributed by atoms with Gasteiger partial charge in [-0.25, -0.2) is 0 Å². The SMILES string of the molecule is C[C@]1(C#N)CCCN(Cc2[nH]c3ccccc3c2Cl)C1. The summed E-state index contributed by atoms with van der Waals surface area (Å²) in [4.78, 5) is 5.72. The molecule has 2 heterocycles. The Morgan fingerprint density at radius 2 is 2.25 bits per heavy atom. The minimum atomic E-state index is -0.225. The van der Waals surface area contributed by atoms with E-state index in [1.54, 1.807) is 0 Å². The smallest absolute Gasteiger partial charge is 0.0705 e. The number of likely N-dealkylation sites (tertiary alicyclic amines) is 1. The van der Waals surface area contributed by atoms with Gasteiger partial charge in [-0.05, 0) is 32.4 Å². The van der Waals surface area contributed by atoms with Crippen LogP contribution in [0.5, 0.6) is 0 Å². The van der Waals surface area contributed by atoms with Gasteiger partial charge in [-0.3, -0.25) is 4.90 Å². The molecule has 0 unspecified atom stereocenters. The van der Waals surface area contributed by atoms with Crippen LogP contribution in [-0.2, 0) is 6.54 Å². The number of H-pyrrole nitrogens is 1. The van der Waals surface area contributed by atoms with Gasteiger partial charge in [-0.1, -0.05) is 29.8 Å². The molecule has 4 heteroatoms. The molecule has 0 aliphatic carbocycles. The number of aromatic amines is 1. The van der Waals surface area contributed by atoms with E-state index in [4.69, 9.17) is 11.6 Å². The summed E-state index contributed by atoms with van der Waals surface area (Å²) < 4.78 is 0. The first-order chi connectivity index (χ1) is 9.61. The standard InChI is InChI=1S/C16H18ClN3/c1-16(10-18)7-4-8-20(11-16)9-14-15(17)12-5-2-3-6-13(12)19-14/h2-3,5-6,19H,4,7-9,11H2,1H3/t16-/m1/s1. The van der Waals surface area contributed by atoms with Gasteiger partial charge in [0.2, 0.25) is 0 Å². The van der Waals surface area contributed by atoms with E-state index in [0.29, 0.717) is 0 Å². The van der Waals surface area contributed by atoms with E-state index in [-0.39, 0.29) is 5.41 Å². The van der Waals surface area contributed by atoms with Gasteiger partial charge in [-0.15, -0.1) is 0 Å². The molecule has 3 rings (SSSR count). The zero-order valence-electron chi connectivity index (χ0n) is 11.6. The van der Waals surface area contributed by atoms with Gasteiger partial charge < -0.3 is 4.98 Å². The van der Waals surface area contributed by atoms with Crippen LogP contribution in [0.15, 0.2) is 24.3 Å². The van der Waals surface area contributed by atoms with Crippen molar-refractivity contribution in [3.63, 3.8) is 0 Å². The molecule has 0 bridgehead atoms. The third-order valence-corrected chi connectivity index (χ3v) is 4.57. The molecule has 20 heavy (non-hydrogen) atoms. The number of nitriles is 1. The molecule has 1 aromatic heterocycles. The number of hydrogen-bond donors (Lipinski definition) is 1. The summed E-state index contributed by atoms with van der Waals surface area (Å²) in [6, 6.07) is 10.5. The van der Waals surface area contributed by atoms with E-state index < -0.39 is 0 Å². The Kier molecular flexibility index (Phi) is 3.45. The van der Waals surface area contributed by atoms with Crippen LogP contribution in [0.1, 0.15) is 25.5 Å². The van der Waals surface area contributed by atoms with E-state index in [0.717, 1.165) is 54.1 Å². The molecule has 1 aliphatic heterocycles. The maximum atomic E-state index is 9.29. The topological polar surface area (TPSA) is 42.8 Å². The van der Waals surface area contributed by atoms with Crippen LogP contribution in [0, 0.1) is 16.7 Å². The molecular weight excluding hydrogens is 270 g/mol. The van der Waals surface area contributed by atoms with Gasteiger partial charge in [0.15, 0.2) is 0 Å². The summed E-state index contributed by atoms with van der Waals surface area (Å²) in [6.45, 7) is 4.68. The number of hydrogen-bond acceptors (Lipinski definition) is 2. The van der Waals surface area contributed by atoms with Crippen LogP contribution >= 0.6 is 11.6 Å². The Balaban J connectivity index is 1.83. The third-order valence-electron chi connectivity index (χ3n) is 4.14. The third kappa shape index (κ3) is 2.42. The lowest BCUT2D eigenvalue weighted by Crippen LogP contribution is -2.40. The molecule has 0 amide bonds. The Morgan fingerprint density at radius 1 is 1.45 bits per heavy atom. The van der Waals surface area contributed by atoms with Gasteiger partial charge in [-0.2, -0.15) is 5.26 Å². The van der Waals surface area contributed by atoms with Crippen LogP contribution in [0.4, 0.5) is 0 Å². The number of nitrogens with zero attached hydrogens (tertiary/aromatic N) is 2. The van der Waals surface area contributed by atoms with Gasteiger partial charge in [0, 0.05) is 29.7 Å². The van der Waals surface area contributed by atoms with E-state index >= 15 is 0 Å². The first-order valence-corrected chi connectivity index (χ1v) is 7.38. The molecule has 1 aliphatic rings. The number of halogens is 1. The molecule has 1 atom stereocenters. The number of nitrogens with one attached hydrogen (secondary N) is 1. The second kappa shape index (κ2) is 5.12. The van der Waals surface area contributed by atoms with Crippen LogP contribution in [0.25, 0.3) is 10.9 Å².